The summed E-state index contributed by atoms with van der Waals surface area (Å²) in [6.45, 7) is 5.25. The molecule has 0 bridgehead atoms. The number of thioether (sulfide) groups is 1. The molecule has 31 heavy (non-hydrogen) atoms. The first-order valence-electron chi connectivity index (χ1n) is 10.1. The lowest BCUT2D eigenvalue weighted by Gasteiger charge is -2.35. The number of methoxy groups -OCH3 is 1. The van der Waals surface area contributed by atoms with E-state index in [0.29, 0.717) is 34.8 Å². The Morgan fingerprint density at radius 3 is 2.58 bits per heavy atom. The van der Waals surface area contributed by atoms with Crippen LogP contribution in [-0.4, -0.2) is 51.1 Å². The van der Waals surface area contributed by atoms with Crippen molar-refractivity contribution in [1.82, 2.24) is 19.8 Å². The third-order valence-electron chi connectivity index (χ3n) is 5.32. The quantitative estimate of drug-likeness (QED) is 0.597. The third kappa shape index (κ3) is 4.09. The highest BCUT2D eigenvalue weighted by Crippen LogP contribution is 2.40. The molecule has 0 fully saturated rings. The van der Waals surface area contributed by atoms with E-state index < -0.39 is 5.25 Å². The topological polar surface area (TPSA) is 72.3 Å². The number of hydrogen-bond acceptors (Lipinski definition) is 6. The molecule has 2 aromatic carbocycles. The van der Waals surface area contributed by atoms with E-state index in [0.717, 1.165) is 11.1 Å². The Hall–Kier alpha value is -2.71. The van der Waals surface area contributed by atoms with Crippen LogP contribution in [0.2, 0.25) is 5.02 Å². The molecule has 1 aliphatic heterocycles. The maximum absolute atomic E-state index is 13.4. The number of nitrogens with one attached hydrogen (secondary N) is 1. The monoisotopic (exact) mass is 457 g/mol. The molecule has 1 aromatic heterocycles. The average molecular weight is 458 g/mol. The maximum Gasteiger partial charge on any atom is 0.238 e. The molecular weight excluding hydrogens is 434 g/mol. The van der Waals surface area contributed by atoms with Crippen molar-refractivity contribution >= 4 is 29.3 Å². The summed E-state index contributed by atoms with van der Waals surface area (Å²) in [5.74, 6) is 1.34. The normalized spacial score (nSPS) is 17.5. The fourth-order valence-electron chi connectivity index (χ4n) is 3.66. The summed E-state index contributed by atoms with van der Waals surface area (Å²) in [4.78, 5) is 15.2. The summed E-state index contributed by atoms with van der Waals surface area (Å²) in [6, 6.07) is 15.1. The van der Waals surface area contributed by atoms with Crippen LogP contribution in [0.25, 0.3) is 11.4 Å². The minimum absolute atomic E-state index is 0.0509. The van der Waals surface area contributed by atoms with E-state index in [2.05, 4.69) is 15.6 Å². The molecule has 2 atom stereocenters. The summed E-state index contributed by atoms with van der Waals surface area (Å²) < 4.78 is 7.15. The number of ether oxygens (including phenoxy) is 1. The van der Waals surface area contributed by atoms with Gasteiger partial charge in [-0.2, -0.15) is 0 Å². The van der Waals surface area contributed by atoms with Gasteiger partial charge in [0.15, 0.2) is 5.82 Å². The zero-order valence-electron chi connectivity index (χ0n) is 17.6. The molecular formula is C22H24ClN5O2S. The van der Waals surface area contributed by atoms with Gasteiger partial charge in [0.05, 0.1) is 18.2 Å². The van der Waals surface area contributed by atoms with Gasteiger partial charge in [-0.25, -0.2) is 4.68 Å². The first kappa shape index (κ1) is 21.5. The summed E-state index contributed by atoms with van der Waals surface area (Å²) in [5.41, 5.74) is 5.31. The van der Waals surface area contributed by atoms with Crippen LogP contribution in [-0.2, 0) is 4.79 Å². The second kappa shape index (κ2) is 9.20. The van der Waals surface area contributed by atoms with Gasteiger partial charge in [-0.05, 0) is 31.5 Å². The summed E-state index contributed by atoms with van der Waals surface area (Å²) >= 11 is 7.83. The molecule has 4 rings (SSSR count). The largest absolute Gasteiger partial charge is 0.495 e. The van der Waals surface area contributed by atoms with Crippen LogP contribution in [0.3, 0.4) is 0 Å². The Balaban J connectivity index is 1.77. The van der Waals surface area contributed by atoms with Gasteiger partial charge in [-0.3, -0.25) is 4.79 Å². The molecule has 3 aromatic rings. The van der Waals surface area contributed by atoms with E-state index in [4.69, 9.17) is 16.3 Å². The lowest BCUT2D eigenvalue weighted by molar-refractivity contribution is -0.130. The fourth-order valence-corrected chi connectivity index (χ4v) is 5.09. The maximum atomic E-state index is 13.4. The number of amides is 1. The Labute approximate surface area is 190 Å². The standard InChI is InChI=1S/C22H24ClN5O2S/c1-4-27(5-2)21(29)19-18(15-11-12-17(30-3)16(23)13-15)26-28-20(24-25-22(28)31-19)14-9-7-6-8-10-14/h6-13,18-19,26H,4-5H2,1-3H3. The van der Waals surface area contributed by atoms with Crippen molar-refractivity contribution in [3.63, 3.8) is 0 Å². The summed E-state index contributed by atoms with van der Waals surface area (Å²) in [7, 11) is 1.58. The van der Waals surface area contributed by atoms with E-state index in [9.17, 15) is 4.79 Å². The Morgan fingerprint density at radius 2 is 1.94 bits per heavy atom. The molecule has 1 aliphatic rings. The van der Waals surface area contributed by atoms with Crippen molar-refractivity contribution in [2.24, 2.45) is 0 Å². The van der Waals surface area contributed by atoms with Gasteiger partial charge in [0, 0.05) is 18.7 Å². The first-order chi connectivity index (χ1) is 15.1. The molecule has 0 saturated heterocycles. The minimum Gasteiger partial charge on any atom is -0.495 e. The average Bonchev–Trinajstić information content (AvgIpc) is 3.22. The van der Waals surface area contributed by atoms with Crippen molar-refractivity contribution in [3.8, 4) is 17.1 Å². The highest BCUT2D eigenvalue weighted by Gasteiger charge is 2.39. The molecule has 2 heterocycles. The van der Waals surface area contributed by atoms with Crippen LogP contribution >= 0.6 is 23.4 Å². The van der Waals surface area contributed by atoms with E-state index in [1.165, 1.54) is 11.8 Å². The molecule has 0 aliphatic carbocycles. The van der Waals surface area contributed by atoms with E-state index in [1.807, 2.05) is 72.0 Å². The number of carbonyl (C=O) groups excluding carboxylic acids is 1. The van der Waals surface area contributed by atoms with Crippen LogP contribution in [0, 0.1) is 0 Å². The SMILES string of the molecule is CCN(CC)C(=O)C1Sc2nnc(-c3ccccc3)n2NC1c1ccc(OC)c(Cl)c1. The highest BCUT2D eigenvalue weighted by atomic mass is 35.5. The Morgan fingerprint density at radius 1 is 1.19 bits per heavy atom. The van der Waals surface area contributed by atoms with Gasteiger partial charge >= 0.3 is 0 Å². The van der Waals surface area contributed by atoms with Crippen molar-refractivity contribution in [1.29, 1.82) is 0 Å². The minimum atomic E-state index is -0.412. The predicted molar refractivity (Wildman–Crippen MR) is 123 cm³/mol. The van der Waals surface area contributed by atoms with Crippen molar-refractivity contribution in [3.05, 3.63) is 59.1 Å². The van der Waals surface area contributed by atoms with E-state index in [1.54, 1.807) is 7.11 Å². The smallest absolute Gasteiger partial charge is 0.238 e. The molecule has 1 amide bonds. The number of carbonyl (C=O) groups is 1. The van der Waals surface area contributed by atoms with E-state index >= 15 is 0 Å². The van der Waals surface area contributed by atoms with Crippen LogP contribution in [0.15, 0.2) is 53.7 Å². The number of hydrogen-bond donors (Lipinski definition) is 1. The van der Waals surface area contributed by atoms with Crippen LogP contribution in [0.4, 0.5) is 0 Å². The summed E-state index contributed by atoms with van der Waals surface area (Å²) in [6.07, 6.45) is 0. The summed E-state index contributed by atoms with van der Waals surface area (Å²) in [5, 5.41) is 9.46. The van der Waals surface area contributed by atoms with Gasteiger partial charge in [-0.15, -0.1) is 10.2 Å². The Bertz CT molecular complexity index is 1070. The molecule has 0 radical (unpaired) electrons. The second-order valence-corrected chi connectivity index (χ2v) is 8.57. The molecule has 2 unspecified atom stereocenters. The lowest BCUT2D eigenvalue weighted by atomic mass is 10.0. The van der Waals surface area contributed by atoms with Gasteiger partial charge in [0.25, 0.3) is 0 Å². The number of nitrogens with zero attached hydrogens (tertiary/aromatic N) is 4. The fraction of sp³-hybridized carbons (Fsp3) is 0.318. The third-order valence-corrected chi connectivity index (χ3v) is 6.82. The van der Waals surface area contributed by atoms with Crippen molar-refractivity contribution < 1.29 is 9.53 Å². The Kier molecular flexibility index (Phi) is 6.38. The molecule has 1 N–H and O–H groups in total. The molecule has 7 nitrogen and oxygen atoms in total. The zero-order valence-corrected chi connectivity index (χ0v) is 19.2. The zero-order chi connectivity index (χ0) is 22.0. The second-order valence-electron chi connectivity index (χ2n) is 7.06. The highest BCUT2D eigenvalue weighted by molar-refractivity contribution is 8.00. The van der Waals surface area contributed by atoms with Crippen molar-refractivity contribution in [2.45, 2.75) is 30.3 Å². The van der Waals surface area contributed by atoms with Crippen LogP contribution in [0.5, 0.6) is 5.75 Å². The van der Waals surface area contributed by atoms with Gasteiger partial charge in [-0.1, -0.05) is 59.8 Å². The van der Waals surface area contributed by atoms with Gasteiger partial charge in [0.2, 0.25) is 11.1 Å². The number of aromatic nitrogens is 3. The van der Waals surface area contributed by atoms with Crippen LogP contribution in [0.1, 0.15) is 25.5 Å². The number of rotatable bonds is 6. The van der Waals surface area contributed by atoms with Gasteiger partial charge in [0.1, 0.15) is 11.0 Å². The number of fused-ring (bicyclic) bond motifs is 1. The number of benzene rings is 2. The molecule has 162 valence electrons. The van der Waals surface area contributed by atoms with Gasteiger partial charge < -0.3 is 15.1 Å². The van der Waals surface area contributed by atoms with E-state index in [-0.39, 0.29) is 11.9 Å². The molecule has 0 spiro atoms. The number of halogens is 1. The molecule has 0 saturated carbocycles. The van der Waals surface area contributed by atoms with Crippen molar-refractivity contribution in [2.75, 3.05) is 25.6 Å². The molecule has 9 heteroatoms. The first-order valence-corrected chi connectivity index (χ1v) is 11.4. The van der Waals surface area contributed by atoms with Crippen LogP contribution < -0.4 is 10.2 Å². The lowest BCUT2D eigenvalue weighted by Crippen LogP contribution is -2.46. The predicted octanol–water partition coefficient (Wildman–Crippen LogP) is 4.23.